The van der Waals surface area contributed by atoms with Crippen molar-refractivity contribution in [2.24, 2.45) is 0 Å². The summed E-state index contributed by atoms with van der Waals surface area (Å²) in [7, 11) is -3.63. The highest BCUT2D eigenvalue weighted by Crippen LogP contribution is 2.27. The Morgan fingerprint density at radius 1 is 1.18 bits per heavy atom. The highest BCUT2D eigenvalue weighted by molar-refractivity contribution is 9.10. The molecule has 0 saturated carbocycles. The number of aromatic amines is 1. The van der Waals surface area contributed by atoms with Gasteiger partial charge in [0.1, 0.15) is 0 Å². The molecule has 6 nitrogen and oxygen atoms in total. The number of sulfonamides is 1. The van der Waals surface area contributed by atoms with E-state index in [0.29, 0.717) is 17.6 Å². The summed E-state index contributed by atoms with van der Waals surface area (Å²) in [6.07, 6.45) is 0.907. The molecule has 2 heterocycles. The number of halogens is 1. The van der Waals surface area contributed by atoms with E-state index >= 15 is 0 Å². The minimum absolute atomic E-state index is 0.0483. The van der Waals surface area contributed by atoms with Gasteiger partial charge in [0.25, 0.3) is 0 Å². The second-order valence-corrected chi connectivity index (χ2v) is 9.48. The molecule has 3 aromatic rings. The summed E-state index contributed by atoms with van der Waals surface area (Å²) in [5.74, 6) is -0.0483. The van der Waals surface area contributed by atoms with Crippen LogP contribution < -0.4 is 4.72 Å². The molecule has 0 atom stereocenters. The topological polar surface area (TPSA) is 82.3 Å². The number of carbonyl (C=O) groups excluding carboxylic acids is 1. The molecule has 0 aliphatic carbocycles. The van der Waals surface area contributed by atoms with Crippen molar-refractivity contribution < 1.29 is 13.2 Å². The zero-order valence-corrected chi connectivity index (χ0v) is 17.5. The molecular weight excluding hydrogens is 442 g/mol. The molecule has 146 valence electrons. The number of H-pyrrole nitrogens is 1. The summed E-state index contributed by atoms with van der Waals surface area (Å²) in [5.41, 5.74) is 3.43. The SMILES string of the molecule is O=C(CCNS(=O)(=O)c1cccc(Br)c1)N1CCc2[nH]c3ccccc3c2C1. The van der Waals surface area contributed by atoms with Crippen LogP contribution in [-0.2, 0) is 27.8 Å². The van der Waals surface area contributed by atoms with Crippen LogP contribution >= 0.6 is 15.9 Å². The Morgan fingerprint density at radius 2 is 2.00 bits per heavy atom. The molecule has 8 heteroatoms. The third kappa shape index (κ3) is 3.85. The van der Waals surface area contributed by atoms with Crippen LogP contribution in [0, 0.1) is 0 Å². The van der Waals surface area contributed by atoms with Gasteiger partial charge in [0.15, 0.2) is 0 Å². The number of para-hydroxylation sites is 1. The van der Waals surface area contributed by atoms with Gasteiger partial charge in [-0.05, 0) is 24.3 Å². The van der Waals surface area contributed by atoms with E-state index in [1.807, 2.05) is 18.2 Å². The van der Waals surface area contributed by atoms with E-state index < -0.39 is 10.0 Å². The van der Waals surface area contributed by atoms with Gasteiger partial charge >= 0.3 is 0 Å². The lowest BCUT2D eigenvalue weighted by molar-refractivity contribution is -0.131. The van der Waals surface area contributed by atoms with Crippen molar-refractivity contribution in [1.29, 1.82) is 0 Å². The second kappa shape index (κ2) is 7.69. The summed E-state index contributed by atoms with van der Waals surface area (Å²) in [4.78, 5) is 18.0. The third-order valence-corrected chi connectivity index (χ3v) is 6.92. The van der Waals surface area contributed by atoms with Crippen LogP contribution in [0.2, 0.25) is 0 Å². The fourth-order valence-electron chi connectivity index (χ4n) is 3.55. The molecule has 2 aromatic carbocycles. The van der Waals surface area contributed by atoms with Crippen molar-refractivity contribution in [3.05, 3.63) is 64.3 Å². The van der Waals surface area contributed by atoms with Gasteiger partial charge in [0, 0.05) is 59.1 Å². The Kier molecular flexibility index (Phi) is 5.27. The first-order chi connectivity index (χ1) is 13.4. The monoisotopic (exact) mass is 461 g/mol. The summed E-state index contributed by atoms with van der Waals surface area (Å²) < 4.78 is 27.9. The van der Waals surface area contributed by atoms with Crippen LogP contribution in [-0.4, -0.2) is 37.3 Å². The molecule has 0 spiro atoms. The maximum Gasteiger partial charge on any atom is 0.240 e. The number of nitrogens with one attached hydrogen (secondary N) is 2. The average Bonchev–Trinajstić information content (AvgIpc) is 3.05. The van der Waals surface area contributed by atoms with Gasteiger partial charge in [-0.15, -0.1) is 0 Å². The van der Waals surface area contributed by atoms with Crippen molar-refractivity contribution in [1.82, 2.24) is 14.6 Å². The quantitative estimate of drug-likeness (QED) is 0.611. The molecule has 28 heavy (non-hydrogen) atoms. The van der Waals surface area contributed by atoms with Crippen molar-refractivity contribution in [3.8, 4) is 0 Å². The highest BCUT2D eigenvalue weighted by Gasteiger charge is 2.24. The summed E-state index contributed by atoms with van der Waals surface area (Å²) in [6, 6.07) is 14.6. The highest BCUT2D eigenvalue weighted by atomic mass is 79.9. The maximum absolute atomic E-state index is 12.6. The van der Waals surface area contributed by atoms with Crippen LogP contribution in [0.3, 0.4) is 0 Å². The first kappa shape index (κ1) is 19.2. The normalized spacial score (nSPS) is 14.2. The lowest BCUT2D eigenvalue weighted by Crippen LogP contribution is -2.37. The molecule has 1 aliphatic rings. The number of amides is 1. The second-order valence-electron chi connectivity index (χ2n) is 6.80. The molecule has 1 amide bonds. The molecule has 2 N–H and O–H groups in total. The minimum atomic E-state index is -3.63. The van der Waals surface area contributed by atoms with Gasteiger partial charge in [-0.25, -0.2) is 13.1 Å². The zero-order valence-electron chi connectivity index (χ0n) is 15.1. The van der Waals surface area contributed by atoms with Gasteiger partial charge in [0.05, 0.1) is 4.90 Å². The molecular formula is C20H20BrN3O3S. The number of aromatic nitrogens is 1. The molecule has 4 rings (SSSR count). The number of rotatable bonds is 5. The summed E-state index contributed by atoms with van der Waals surface area (Å²) in [5, 5.41) is 1.14. The van der Waals surface area contributed by atoms with Gasteiger partial charge < -0.3 is 9.88 Å². The number of hydrogen-bond acceptors (Lipinski definition) is 3. The number of nitrogens with zero attached hydrogens (tertiary/aromatic N) is 1. The van der Waals surface area contributed by atoms with Gasteiger partial charge in [-0.1, -0.05) is 40.2 Å². The predicted molar refractivity (Wildman–Crippen MR) is 111 cm³/mol. The smallest absolute Gasteiger partial charge is 0.240 e. The average molecular weight is 462 g/mol. The first-order valence-electron chi connectivity index (χ1n) is 9.05. The largest absolute Gasteiger partial charge is 0.358 e. The Balaban J connectivity index is 1.38. The molecule has 0 radical (unpaired) electrons. The summed E-state index contributed by atoms with van der Waals surface area (Å²) in [6.45, 7) is 1.26. The van der Waals surface area contributed by atoms with E-state index in [-0.39, 0.29) is 23.8 Å². The Labute approximate surface area is 172 Å². The number of fused-ring (bicyclic) bond motifs is 3. The van der Waals surface area contributed by atoms with E-state index in [4.69, 9.17) is 0 Å². The number of benzene rings is 2. The summed E-state index contributed by atoms with van der Waals surface area (Å²) >= 11 is 3.27. The van der Waals surface area contributed by atoms with Crippen LogP contribution in [0.1, 0.15) is 17.7 Å². The maximum atomic E-state index is 12.6. The Bertz CT molecular complexity index is 1140. The van der Waals surface area contributed by atoms with E-state index in [2.05, 4.69) is 31.7 Å². The van der Waals surface area contributed by atoms with Crippen molar-refractivity contribution in [3.63, 3.8) is 0 Å². The fourth-order valence-corrected chi connectivity index (χ4v) is 5.18. The Morgan fingerprint density at radius 3 is 2.82 bits per heavy atom. The van der Waals surface area contributed by atoms with Gasteiger partial charge in [-0.2, -0.15) is 0 Å². The Hall–Kier alpha value is -2.16. The van der Waals surface area contributed by atoms with Crippen molar-refractivity contribution >= 4 is 42.8 Å². The number of hydrogen-bond donors (Lipinski definition) is 2. The van der Waals surface area contributed by atoms with Crippen LogP contribution in [0.25, 0.3) is 10.9 Å². The van der Waals surface area contributed by atoms with E-state index in [1.54, 1.807) is 17.0 Å². The van der Waals surface area contributed by atoms with Crippen molar-refractivity contribution in [2.45, 2.75) is 24.3 Å². The molecule has 0 bridgehead atoms. The standard InChI is InChI=1S/C20H20BrN3O3S/c21-14-4-3-5-15(12-14)28(26,27)22-10-8-20(25)24-11-9-19-17(13-24)16-6-1-2-7-18(16)23-19/h1-7,12,22-23H,8-11,13H2. The lowest BCUT2D eigenvalue weighted by Gasteiger charge is -2.27. The molecule has 1 aliphatic heterocycles. The van der Waals surface area contributed by atoms with E-state index in [0.717, 1.165) is 22.9 Å². The molecule has 0 saturated heterocycles. The van der Waals surface area contributed by atoms with E-state index in [1.165, 1.54) is 17.8 Å². The third-order valence-electron chi connectivity index (χ3n) is 4.97. The first-order valence-corrected chi connectivity index (χ1v) is 11.3. The van der Waals surface area contributed by atoms with Gasteiger partial charge in [-0.3, -0.25) is 4.79 Å². The number of carbonyl (C=O) groups is 1. The molecule has 0 unspecified atom stereocenters. The van der Waals surface area contributed by atoms with Crippen molar-refractivity contribution in [2.75, 3.05) is 13.1 Å². The molecule has 1 aromatic heterocycles. The van der Waals surface area contributed by atoms with Crippen LogP contribution in [0.5, 0.6) is 0 Å². The van der Waals surface area contributed by atoms with Crippen LogP contribution in [0.4, 0.5) is 0 Å². The lowest BCUT2D eigenvalue weighted by atomic mass is 10.0. The van der Waals surface area contributed by atoms with Crippen LogP contribution in [0.15, 0.2) is 57.9 Å². The predicted octanol–water partition coefficient (Wildman–Crippen LogP) is 3.18. The fraction of sp³-hybridized carbons (Fsp3) is 0.250. The minimum Gasteiger partial charge on any atom is -0.358 e. The van der Waals surface area contributed by atoms with Gasteiger partial charge in [0.2, 0.25) is 15.9 Å². The molecule has 0 fully saturated rings. The zero-order chi connectivity index (χ0) is 19.7. The van der Waals surface area contributed by atoms with E-state index in [9.17, 15) is 13.2 Å².